The number of hydrogen-bond acceptors (Lipinski definition) is 5. The summed E-state index contributed by atoms with van der Waals surface area (Å²) in [6.45, 7) is 15.6. The van der Waals surface area contributed by atoms with Crippen LogP contribution in [0.5, 0.6) is 0 Å². The topological polar surface area (TPSA) is 84.3 Å². The smallest absolute Gasteiger partial charge is 0.259 e. The normalized spacial score (nSPS) is 12.3. The Balaban J connectivity index is 4.50. The van der Waals surface area contributed by atoms with Crippen LogP contribution < -0.4 is 10.6 Å². The fraction of sp³-hybridized carbons (Fsp3) is 0.800. The van der Waals surface area contributed by atoms with Gasteiger partial charge in [-0.05, 0) is 27.7 Å². The molecule has 24 heavy (non-hydrogen) atoms. The second-order valence-corrected chi connectivity index (χ2v) is 7.02. The highest BCUT2D eigenvalue weighted by Gasteiger charge is 2.28. The Morgan fingerprint density at radius 2 is 1.79 bits per heavy atom. The Morgan fingerprint density at radius 3 is 2.29 bits per heavy atom. The van der Waals surface area contributed by atoms with Crippen molar-refractivity contribution in [2.24, 2.45) is 0 Å². The Morgan fingerprint density at radius 1 is 1.17 bits per heavy atom. The summed E-state index contributed by atoms with van der Waals surface area (Å²) >= 11 is 0. The number of carbonyl (C=O) groups excluding carboxylic acids is 2. The van der Waals surface area contributed by atoms with Crippen LogP contribution >= 0.6 is 8.53 Å². The molecule has 0 radical (unpaired) electrons. The predicted molar refractivity (Wildman–Crippen MR) is 94.1 cm³/mol. The zero-order chi connectivity index (χ0) is 18.5. The largest absolute Gasteiger partial charge is 0.359 e. The minimum atomic E-state index is -1.43. The van der Waals surface area contributed by atoms with Crippen molar-refractivity contribution in [1.82, 2.24) is 15.3 Å². The standard InChI is InChI=1S/C15H29N4O4P/c1-12(2)19(13(3)4)24(22-10-9-16-5)23-11-15(21)18-8-7-14(20)17-6/h12-13H,7-11H2,1-4,6H3,(H,17,20)(H,18,21). The fourth-order valence-electron chi connectivity index (χ4n) is 1.91. The van der Waals surface area contributed by atoms with Crippen LogP contribution in [0, 0.1) is 6.57 Å². The summed E-state index contributed by atoms with van der Waals surface area (Å²) in [6, 6.07) is 0.362. The summed E-state index contributed by atoms with van der Waals surface area (Å²) in [5.74, 6) is -0.431. The lowest BCUT2D eigenvalue weighted by atomic mass is 10.3. The van der Waals surface area contributed by atoms with E-state index >= 15 is 0 Å². The van der Waals surface area contributed by atoms with Gasteiger partial charge < -0.3 is 24.5 Å². The molecule has 2 N–H and O–H groups in total. The van der Waals surface area contributed by atoms with Crippen LogP contribution in [0.4, 0.5) is 0 Å². The van der Waals surface area contributed by atoms with Crippen molar-refractivity contribution < 1.29 is 18.6 Å². The van der Waals surface area contributed by atoms with Gasteiger partial charge in [-0.2, -0.15) is 0 Å². The molecule has 1 atom stereocenters. The summed E-state index contributed by atoms with van der Waals surface area (Å²) in [7, 11) is 0.121. The molecule has 0 rings (SSSR count). The average Bonchev–Trinajstić information content (AvgIpc) is 2.51. The lowest BCUT2D eigenvalue weighted by Crippen LogP contribution is -2.35. The summed E-state index contributed by atoms with van der Waals surface area (Å²) in [5, 5.41) is 5.12. The monoisotopic (exact) mass is 360 g/mol. The number of nitrogens with zero attached hydrogens (tertiary/aromatic N) is 2. The third-order valence-electron chi connectivity index (χ3n) is 2.91. The van der Waals surface area contributed by atoms with Crippen LogP contribution in [0.25, 0.3) is 4.85 Å². The molecule has 0 aromatic carbocycles. The Labute approximate surface area is 146 Å². The molecule has 0 aromatic heterocycles. The van der Waals surface area contributed by atoms with Crippen LogP contribution in [0.2, 0.25) is 0 Å². The maximum atomic E-state index is 11.8. The van der Waals surface area contributed by atoms with E-state index in [1.54, 1.807) is 7.05 Å². The number of amides is 2. The summed E-state index contributed by atoms with van der Waals surface area (Å²) < 4.78 is 13.4. The van der Waals surface area contributed by atoms with E-state index in [4.69, 9.17) is 15.6 Å². The number of rotatable bonds is 12. The minimum absolute atomic E-state index is 0.133. The predicted octanol–water partition coefficient (Wildman–Crippen LogP) is 1.54. The van der Waals surface area contributed by atoms with Crippen LogP contribution in [-0.4, -0.2) is 61.9 Å². The molecule has 0 spiro atoms. The quantitative estimate of drug-likeness (QED) is 0.313. The van der Waals surface area contributed by atoms with Gasteiger partial charge in [-0.3, -0.25) is 9.59 Å². The van der Waals surface area contributed by atoms with Gasteiger partial charge in [0.15, 0.2) is 0 Å². The maximum absolute atomic E-state index is 11.8. The van der Waals surface area contributed by atoms with E-state index in [-0.39, 0.29) is 56.6 Å². The highest BCUT2D eigenvalue weighted by molar-refractivity contribution is 7.44. The van der Waals surface area contributed by atoms with Crippen molar-refractivity contribution in [3.8, 4) is 0 Å². The van der Waals surface area contributed by atoms with Crippen molar-refractivity contribution in [3.63, 3.8) is 0 Å². The molecule has 0 saturated carbocycles. The highest BCUT2D eigenvalue weighted by atomic mass is 31.2. The van der Waals surface area contributed by atoms with Gasteiger partial charge in [-0.1, -0.05) is 0 Å². The zero-order valence-corrected chi connectivity index (χ0v) is 16.1. The lowest BCUT2D eigenvalue weighted by molar-refractivity contribution is -0.123. The summed E-state index contributed by atoms with van der Waals surface area (Å²) in [4.78, 5) is 26.2. The van der Waals surface area contributed by atoms with Gasteiger partial charge in [0.25, 0.3) is 8.53 Å². The number of hydrogen-bond donors (Lipinski definition) is 2. The van der Waals surface area contributed by atoms with Crippen LogP contribution in [0.3, 0.4) is 0 Å². The molecule has 8 nitrogen and oxygen atoms in total. The van der Waals surface area contributed by atoms with Gasteiger partial charge in [-0.25, -0.2) is 11.2 Å². The van der Waals surface area contributed by atoms with Gasteiger partial charge in [0.1, 0.15) is 13.2 Å². The Hall–Kier alpha value is -1.26. The van der Waals surface area contributed by atoms with E-state index in [0.29, 0.717) is 0 Å². The van der Waals surface area contributed by atoms with Crippen molar-refractivity contribution in [2.45, 2.75) is 46.2 Å². The lowest BCUT2D eigenvalue weighted by Gasteiger charge is -2.35. The first-order valence-electron chi connectivity index (χ1n) is 7.98. The first-order valence-corrected chi connectivity index (χ1v) is 9.11. The highest BCUT2D eigenvalue weighted by Crippen LogP contribution is 2.45. The first-order chi connectivity index (χ1) is 11.3. The van der Waals surface area contributed by atoms with Crippen molar-refractivity contribution in [1.29, 1.82) is 0 Å². The molecule has 0 aromatic rings. The molecule has 0 fully saturated rings. The average molecular weight is 360 g/mol. The second-order valence-electron chi connectivity index (χ2n) is 5.57. The molecule has 0 saturated heterocycles. The van der Waals surface area contributed by atoms with Gasteiger partial charge in [0.05, 0.1) is 0 Å². The Kier molecular flexibility index (Phi) is 12.4. The van der Waals surface area contributed by atoms with E-state index < -0.39 is 8.53 Å². The van der Waals surface area contributed by atoms with Crippen LogP contribution in [0.15, 0.2) is 0 Å². The van der Waals surface area contributed by atoms with E-state index in [1.165, 1.54) is 0 Å². The molecule has 138 valence electrons. The van der Waals surface area contributed by atoms with E-state index in [1.807, 2.05) is 27.7 Å². The molecule has 9 heteroatoms. The third-order valence-corrected chi connectivity index (χ3v) is 4.97. The molecule has 0 aliphatic carbocycles. The summed E-state index contributed by atoms with van der Waals surface area (Å²) in [6.07, 6.45) is 0.225. The fourth-order valence-corrected chi connectivity index (χ4v) is 3.47. The van der Waals surface area contributed by atoms with E-state index in [0.717, 1.165) is 0 Å². The van der Waals surface area contributed by atoms with E-state index in [2.05, 4.69) is 20.1 Å². The first kappa shape index (κ1) is 22.7. The van der Waals surface area contributed by atoms with Gasteiger partial charge in [0, 0.05) is 32.1 Å². The molecule has 0 aliphatic rings. The molecular formula is C15H29N4O4P. The number of nitrogens with one attached hydrogen (secondary N) is 2. The zero-order valence-electron chi connectivity index (χ0n) is 15.2. The SMILES string of the molecule is [C-]#[N+]CCOP(OCC(=O)NCCC(=O)NC)N(C(C)C)C(C)C. The molecule has 0 bridgehead atoms. The van der Waals surface area contributed by atoms with E-state index in [9.17, 15) is 9.59 Å². The molecular weight excluding hydrogens is 331 g/mol. The molecule has 0 heterocycles. The van der Waals surface area contributed by atoms with Gasteiger partial charge in [-0.15, -0.1) is 0 Å². The van der Waals surface area contributed by atoms with Gasteiger partial charge in [0.2, 0.25) is 18.4 Å². The minimum Gasteiger partial charge on any atom is -0.359 e. The van der Waals surface area contributed by atoms with Crippen LogP contribution in [0.1, 0.15) is 34.1 Å². The van der Waals surface area contributed by atoms with Crippen molar-refractivity contribution in [2.75, 3.05) is 33.4 Å². The molecule has 0 aliphatic heterocycles. The second kappa shape index (κ2) is 13.1. The third kappa shape index (κ3) is 9.78. The maximum Gasteiger partial charge on any atom is 0.259 e. The number of carbonyl (C=O) groups is 2. The Bertz CT molecular complexity index is 418. The van der Waals surface area contributed by atoms with Crippen molar-refractivity contribution in [3.05, 3.63) is 11.4 Å². The summed E-state index contributed by atoms with van der Waals surface area (Å²) in [5.41, 5.74) is 0. The van der Waals surface area contributed by atoms with Crippen molar-refractivity contribution >= 4 is 20.3 Å². The molecule has 2 amide bonds. The molecule has 1 unspecified atom stereocenters. The van der Waals surface area contributed by atoms with Gasteiger partial charge >= 0.3 is 0 Å². The van der Waals surface area contributed by atoms with Crippen LogP contribution in [-0.2, 0) is 18.6 Å².